The first-order valence-corrected chi connectivity index (χ1v) is 7.20. The Morgan fingerprint density at radius 3 is 2.45 bits per heavy atom. The average Bonchev–Trinajstić information content (AvgIpc) is 2.57. The van der Waals surface area contributed by atoms with Crippen molar-refractivity contribution >= 4 is 17.5 Å². The zero-order valence-electron chi connectivity index (χ0n) is 12.4. The Balaban J connectivity index is 1.63. The summed E-state index contributed by atoms with van der Waals surface area (Å²) in [6.45, 7) is 3.83. The Bertz CT molecular complexity index is 622. The van der Waals surface area contributed by atoms with E-state index in [0.29, 0.717) is 17.3 Å². The second-order valence-electron chi connectivity index (χ2n) is 5.23. The molecule has 0 atom stereocenters. The normalized spacial score (nSPS) is 15.6. The molecule has 2 aromatic rings. The molecular formula is C15H18N6O. The Morgan fingerprint density at radius 2 is 1.82 bits per heavy atom. The predicted molar refractivity (Wildman–Crippen MR) is 83.9 cm³/mol. The number of nitrogens with zero attached hydrogens (tertiary/aromatic N) is 5. The lowest BCUT2D eigenvalue weighted by Crippen LogP contribution is -2.45. The van der Waals surface area contributed by atoms with Gasteiger partial charge in [0.2, 0.25) is 5.95 Å². The van der Waals surface area contributed by atoms with Crippen LogP contribution in [0.3, 0.4) is 0 Å². The molecule has 0 radical (unpaired) electrons. The van der Waals surface area contributed by atoms with Crippen molar-refractivity contribution < 1.29 is 4.79 Å². The highest BCUT2D eigenvalue weighted by atomic mass is 16.1. The Kier molecular flexibility index (Phi) is 4.24. The third-order valence-corrected chi connectivity index (χ3v) is 3.58. The molecule has 0 bridgehead atoms. The number of hydrogen-bond acceptors (Lipinski definition) is 6. The monoisotopic (exact) mass is 298 g/mol. The van der Waals surface area contributed by atoms with Crippen LogP contribution in [-0.4, -0.2) is 59.0 Å². The fourth-order valence-electron chi connectivity index (χ4n) is 2.25. The van der Waals surface area contributed by atoms with Gasteiger partial charge in [0.15, 0.2) is 0 Å². The number of nitrogens with one attached hydrogen (secondary N) is 1. The van der Waals surface area contributed by atoms with E-state index in [0.717, 1.165) is 26.2 Å². The third-order valence-electron chi connectivity index (χ3n) is 3.58. The molecule has 7 nitrogen and oxygen atoms in total. The molecule has 3 rings (SSSR count). The van der Waals surface area contributed by atoms with Crippen LogP contribution in [0, 0.1) is 0 Å². The largest absolute Gasteiger partial charge is 0.338 e. The molecule has 7 heteroatoms. The van der Waals surface area contributed by atoms with Crippen molar-refractivity contribution in [1.29, 1.82) is 0 Å². The van der Waals surface area contributed by atoms with Crippen LogP contribution in [0.15, 0.2) is 36.8 Å². The molecule has 1 aliphatic rings. The van der Waals surface area contributed by atoms with Crippen molar-refractivity contribution in [2.75, 3.05) is 43.4 Å². The van der Waals surface area contributed by atoms with Crippen LogP contribution in [0.2, 0.25) is 0 Å². The quantitative estimate of drug-likeness (QED) is 0.906. The van der Waals surface area contributed by atoms with E-state index in [9.17, 15) is 4.79 Å². The van der Waals surface area contributed by atoms with Gasteiger partial charge in [0.25, 0.3) is 5.91 Å². The first-order valence-electron chi connectivity index (χ1n) is 7.20. The van der Waals surface area contributed by atoms with Gasteiger partial charge < -0.3 is 15.1 Å². The smallest absolute Gasteiger partial charge is 0.274 e. The Labute approximate surface area is 129 Å². The molecule has 1 aliphatic heterocycles. The number of amides is 1. The summed E-state index contributed by atoms with van der Waals surface area (Å²) >= 11 is 0. The summed E-state index contributed by atoms with van der Waals surface area (Å²) in [6.07, 6.45) is 4.84. The van der Waals surface area contributed by atoms with Gasteiger partial charge in [-0.15, -0.1) is 0 Å². The topological polar surface area (TPSA) is 74.2 Å². The number of aromatic nitrogens is 3. The van der Waals surface area contributed by atoms with E-state index in [1.165, 1.54) is 0 Å². The van der Waals surface area contributed by atoms with Gasteiger partial charge in [0.1, 0.15) is 5.69 Å². The number of piperazine rings is 1. The Morgan fingerprint density at radius 1 is 1.09 bits per heavy atom. The van der Waals surface area contributed by atoms with E-state index in [4.69, 9.17) is 0 Å². The lowest BCUT2D eigenvalue weighted by Gasteiger charge is -2.32. The standard InChI is InChI=1S/C15H18N6O/c1-20-6-8-21(9-7-20)15-17-10-12(11-18-15)19-14(22)13-4-2-3-5-16-13/h2-5,10-11H,6-9H2,1H3,(H,19,22). The molecule has 22 heavy (non-hydrogen) atoms. The van der Waals surface area contributed by atoms with Crippen LogP contribution in [0.1, 0.15) is 10.5 Å². The minimum atomic E-state index is -0.267. The summed E-state index contributed by atoms with van der Waals surface area (Å²) in [4.78, 5) is 29.1. The van der Waals surface area contributed by atoms with E-state index < -0.39 is 0 Å². The van der Waals surface area contributed by atoms with Gasteiger partial charge in [-0.05, 0) is 19.2 Å². The van der Waals surface area contributed by atoms with Gasteiger partial charge in [-0.3, -0.25) is 9.78 Å². The van der Waals surface area contributed by atoms with Gasteiger partial charge in [-0.25, -0.2) is 9.97 Å². The van der Waals surface area contributed by atoms with Crippen molar-refractivity contribution in [3.63, 3.8) is 0 Å². The minimum absolute atomic E-state index is 0.267. The van der Waals surface area contributed by atoms with E-state index in [2.05, 4.69) is 37.1 Å². The summed E-state index contributed by atoms with van der Waals surface area (Å²) in [5.74, 6) is 0.431. The summed E-state index contributed by atoms with van der Waals surface area (Å²) in [7, 11) is 2.11. The van der Waals surface area contributed by atoms with Gasteiger partial charge >= 0.3 is 0 Å². The van der Waals surface area contributed by atoms with E-state index >= 15 is 0 Å². The van der Waals surface area contributed by atoms with Crippen LogP contribution in [0.25, 0.3) is 0 Å². The third kappa shape index (κ3) is 3.37. The fraction of sp³-hybridized carbons (Fsp3) is 0.333. The minimum Gasteiger partial charge on any atom is -0.338 e. The molecular weight excluding hydrogens is 280 g/mol. The zero-order chi connectivity index (χ0) is 15.4. The van der Waals surface area contributed by atoms with Crippen LogP contribution >= 0.6 is 0 Å². The second kappa shape index (κ2) is 6.48. The van der Waals surface area contributed by atoms with Gasteiger partial charge in [-0.2, -0.15) is 0 Å². The summed E-state index contributed by atoms with van der Waals surface area (Å²) < 4.78 is 0. The van der Waals surface area contributed by atoms with Crippen molar-refractivity contribution in [2.45, 2.75) is 0 Å². The molecule has 1 saturated heterocycles. The Hall–Kier alpha value is -2.54. The maximum atomic E-state index is 12.0. The maximum Gasteiger partial charge on any atom is 0.274 e. The van der Waals surface area contributed by atoms with Crippen LogP contribution in [-0.2, 0) is 0 Å². The first kappa shape index (κ1) is 14.4. The SMILES string of the molecule is CN1CCN(c2ncc(NC(=O)c3ccccn3)cn2)CC1. The summed E-state index contributed by atoms with van der Waals surface area (Å²) in [5.41, 5.74) is 0.930. The molecule has 114 valence electrons. The molecule has 1 fully saturated rings. The lowest BCUT2D eigenvalue weighted by molar-refractivity contribution is 0.102. The zero-order valence-corrected chi connectivity index (χ0v) is 12.4. The highest BCUT2D eigenvalue weighted by Gasteiger charge is 2.16. The summed E-state index contributed by atoms with van der Waals surface area (Å²) in [5, 5.41) is 2.74. The molecule has 1 amide bonds. The summed E-state index contributed by atoms with van der Waals surface area (Å²) in [6, 6.07) is 5.20. The predicted octanol–water partition coefficient (Wildman–Crippen LogP) is 0.876. The first-order chi connectivity index (χ1) is 10.7. The van der Waals surface area contributed by atoms with Crippen molar-refractivity contribution in [2.24, 2.45) is 0 Å². The highest BCUT2D eigenvalue weighted by Crippen LogP contribution is 2.12. The van der Waals surface area contributed by atoms with Gasteiger partial charge in [-0.1, -0.05) is 6.07 Å². The van der Waals surface area contributed by atoms with E-state index in [1.807, 2.05) is 0 Å². The van der Waals surface area contributed by atoms with Gasteiger partial charge in [0.05, 0.1) is 18.1 Å². The molecule has 3 heterocycles. The number of likely N-dealkylation sites (N-methyl/N-ethyl adjacent to an activating group) is 1. The second-order valence-corrected chi connectivity index (χ2v) is 5.23. The number of anilines is 2. The molecule has 0 aliphatic carbocycles. The van der Waals surface area contributed by atoms with E-state index in [1.54, 1.807) is 36.8 Å². The van der Waals surface area contributed by atoms with Crippen molar-refractivity contribution in [3.05, 3.63) is 42.5 Å². The average molecular weight is 298 g/mol. The molecule has 0 spiro atoms. The van der Waals surface area contributed by atoms with E-state index in [-0.39, 0.29) is 5.91 Å². The number of carbonyl (C=O) groups excluding carboxylic acids is 1. The van der Waals surface area contributed by atoms with Crippen LogP contribution < -0.4 is 10.2 Å². The van der Waals surface area contributed by atoms with Crippen LogP contribution in [0.5, 0.6) is 0 Å². The fourth-order valence-corrected chi connectivity index (χ4v) is 2.25. The number of pyridine rings is 1. The molecule has 0 unspecified atom stereocenters. The number of carbonyl (C=O) groups is 1. The van der Waals surface area contributed by atoms with Crippen molar-refractivity contribution in [1.82, 2.24) is 19.9 Å². The lowest BCUT2D eigenvalue weighted by atomic mass is 10.3. The number of hydrogen-bond donors (Lipinski definition) is 1. The van der Waals surface area contributed by atoms with Gasteiger partial charge in [0, 0.05) is 32.4 Å². The van der Waals surface area contributed by atoms with Crippen LogP contribution in [0.4, 0.5) is 11.6 Å². The maximum absolute atomic E-state index is 12.0. The van der Waals surface area contributed by atoms with Crippen molar-refractivity contribution in [3.8, 4) is 0 Å². The molecule has 0 aromatic carbocycles. The molecule has 0 saturated carbocycles. The molecule has 1 N–H and O–H groups in total. The molecule has 2 aromatic heterocycles. The highest BCUT2D eigenvalue weighted by molar-refractivity contribution is 6.02. The number of rotatable bonds is 3.